The number of aromatic nitrogens is 1. The molecule has 0 saturated carbocycles. The van der Waals surface area contributed by atoms with E-state index in [0.29, 0.717) is 6.54 Å². The Morgan fingerprint density at radius 1 is 1.31 bits per heavy atom. The number of benzene rings is 1. The smallest absolute Gasteiger partial charge is 0.0467 e. The number of rotatable bonds is 3. The van der Waals surface area contributed by atoms with E-state index in [9.17, 15) is 0 Å². The third kappa shape index (κ3) is 2.13. The third-order valence-electron chi connectivity index (χ3n) is 2.67. The molecule has 0 spiro atoms. The molecule has 3 heteroatoms. The molecule has 16 heavy (non-hydrogen) atoms. The molecule has 0 unspecified atom stereocenters. The fraction of sp³-hybridized carbons (Fsp3) is 0.231. The Bertz CT molecular complexity index is 488. The number of hydrogen-bond acceptors (Lipinski definition) is 1. The summed E-state index contributed by atoms with van der Waals surface area (Å²) >= 11 is 6.12. The molecule has 2 N–H and O–H groups in total. The van der Waals surface area contributed by atoms with Crippen molar-refractivity contribution in [3.63, 3.8) is 0 Å². The van der Waals surface area contributed by atoms with E-state index in [-0.39, 0.29) is 0 Å². The van der Waals surface area contributed by atoms with E-state index in [1.807, 2.05) is 31.3 Å². The summed E-state index contributed by atoms with van der Waals surface area (Å²) in [5, 5.41) is 0.796. The van der Waals surface area contributed by atoms with Gasteiger partial charge < -0.3 is 10.3 Å². The van der Waals surface area contributed by atoms with Crippen LogP contribution in [0.1, 0.15) is 11.3 Å². The Kier molecular flexibility index (Phi) is 3.32. The topological polar surface area (TPSA) is 30.9 Å². The summed E-state index contributed by atoms with van der Waals surface area (Å²) in [4.78, 5) is 0. The summed E-state index contributed by atoms with van der Waals surface area (Å²) in [5.41, 5.74) is 8.97. The molecule has 0 radical (unpaired) electrons. The normalized spacial score (nSPS) is 10.7. The molecule has 1 aromatic carbocycles. The SMILES string of the molecule is Cc1ccc(-n2cccc2CCN)cc1Cl. The Morgan fingerprint density at radius 3 is 2.81 bits per heavy atom. The number of nitrogens with zero attached hydrogens (tertiary/aromatic N) is 1. The van der Waals surface area contributed by atoms with Crippen molar-refractivity contribution in [2.24, 2.45) is 5.73 Å². The van der Waals surface area contributed by atoms with Gasteiger partial charge in [0, 0.05) is 29.0 Å². The maximum absolute atomic E-state index is 6.12. The Labute approximate surface area is 101 Å². The van der Waals surface area contributed by atoms with Crippen molar-refractivity contribution in [2.75, 3.05) is 6.54 Å². The molecular weight excluding hydrogens is 220 g/mol. The minimum atomic E-state index is 0.656. The maximum atomic E-state index is 6.12. The molecule has 2 nitrogen and oxygen atoms in total. The van der Waals surface area contributed by atoms with Crippen molar-refractivity contribution >= 4 is 11.6 Å². The van der Waals surface area contributed by atoms with Crippen LogP contribution in [0.5, 0.6) is 0 Å². The number of hydrogen-bond donors (Lipinski definition) is 1. The second-order valence-corrected chi connectivity index (χ2v) is 4.25. The lowest BCUT2D eigenvalue weighted by molar-refractivity contribution is 0.874. The standard InChI is InChI=1S/C13H15ClN2/c1-10-4-5-12(9-13(10)14)16-8-2-3-11(16)6-7-15/h2-5,8-9H,6-7,15H2,1H3. The van der Waals surface area contributed by atoms with Crippen LogP contribution in [0.25, 0.3) is 5.69 Å². The predicted octanol–water partition coefficient (Wildman–Crippen LogP) is 2.94. The molecule has 0 aliphatic heterocycles. The molecule has 0 amide bonds. The van der Waals surface area contributed by atoms with Gasteiger partial charge in [-0.05, 0) is 43.3 Å². The highest BCUT2D eigenvalue weighted by Crippen LogP contribution is 2.21. The first-order valence-corrected chi connectivity index (χ1v) is 5.73. The lowest BCUT2D eigenvalue weighted by atomic mass is 10.2. The Balaban J connectivity index is 2.42. The van der Waals surface area contributed by atoms with Gasteiger partial charge in [-0.2, -0.15) is 0 Å². The lowest BCUT2D eigenvalue weighted by Gasteiger charge is -2.09. The van der Waals surface area contributed by atoms with Crippen molar-refractivity contribution in [2.45, 2.75) is 13.3 Å². The first kappa shape index (κ1) is 11.2. The summed E-state index contributed by atoms with van der Waals surface area (Å²) in [6.07, 6.45) is 2.91. The molecular formula is C13H15ClN2. The molecule has 0 fully saturated rings. The molecule has 1 aromatic heterocycles. The van der Waals surface area contributed by atoms with Crippen molar-refractivity contribution < 1.29 is 0 Å². The molecule has 0 bridgehead atoms. The third-order valence-corrected chi connectivity index (χ3v) is 3.07. The Hall–Kier alpha value is -1.25. The van der Waals surface area contributed by atoms with Crippen LogP contribution < -0.4 is 5.73 Å². The highest BCUT2D eigenvalue weighted by Gasteiger charge is 2.04. The van der Waals surface area contributed by atoms with Crippen molar-refractivity contribution in [1.29, 1.82) is 0 Å². The van der Waals surface area contributed by atoms with Crippen molar-refractivity contribution in [3.05, 3.63) is 52.8 Å². The average molecular weight is 235 g/mol. The van der Waals surface area contributed by atoms with Crippen molar-refractivity contribution in [1.82, 2.24) is 4.57 Å². The van der Waals surface area contributed by atoms with E-state index >= 15 is 0 Å². The predicted molar refractivity (Wildman–Crippen MR) is 68.3 cm³/mol. The average Bonchev–Trinajstić information content (AvgIpc) is 2.71. The summed E-state index contributed by atoms with van der Waals surface area (Å²) in [6, 6.07) is 10.2. The zero-order valence-electron chi connectivity index (χ0n) is 9.28. The van der Waals surface area contributed by atoms with Crippen LogP contribution in [0.4, 0.5) is 0 Å². The zero-order valence-corrected chi connectivity index (χ0v) is 10.0. The number of nitrogens with two attached hydrogens (primary N) is 1. The molecule has 1 heterocycles. The summed E-state index contributed by atoms with van der Waals surface area (Å²) in [5.74, 6) is 0. The molecule has 0 atom stereocenters. The highest BCUT2D eigenvalue weighted by molar-refractivity contribution is 6.31. The highest BCUT2D eigenvalue weighted by atomic mass is 35.5. The van der Waals surface area contributed by atoms with Gasteiger partial charge in [0.1, 0.15) is 0 Å². The van der Waals surface area contributed by atoms with Crippen LogP contribution in [0.15, 0.2) is 36.5 Å². The largest absolute Gasteiger partial charge is 0.330 e. The van der Waals surface area contributed by atoms with E-state index in [0.717, 1.165) is 22.7 Å². The first-order chi connectivity index (χ1) is 7.72. The van der Waals surface area contributed by atoms with Crippen LogP contribution in [-0.4, -0.2) is 11.1 Å². The van der Waals surface area contributed by atoms with Gasteiger partial charge in [0.2, 0.25) is 0 Å². The van der Waals surface area contributed by atoms with Gasteiger partial charge in [-0.15, -0.1) is 0 Å². The lowest BCUT2D eigenvalue weighted by Crippen LogP contribution is -2.07. The second kappa shape index (κ2) is 4.73. The van der Waals surface area contributed by atoms with E-state index in [1.54, 1.807) is 0 Å². The number of aryl methyl sites for hydroxylation is 1. The summed E-state index contributed by atoms with van der Waals surface area (Å²) in [6.45, 7) is 2.66. The summed E-state index contributed by atoms with van der Waals surface area (Å²) < 4.78 is 2.12. The van der Waals surface area contributed by atoms with Gasteiger partial charge >= 0.3 is 0 Å². The van der Waals surface area contributed by atoms with E-state index < -0.39 is 0 Å². The fourth-order valence-electron chi connectivity index (χ4n) is 1.75. The monoisotopic (exact) mass is 234 g/mol. The number of halogens is 1. The van der Waals surface area contributed by atoms with Gasteiger partial charge in [0.05, 0.1) is 0 Å². The van der Waals surface area contributed by atoms with Gasteiger partial charge in [0.15, 0.2) is 0 Å². The molecule has 2 aromatic rings. The molecule has 2 rings (SSSR count). The van der Waals surface area contributed by atoms with Gasteiger partial charge in [-0.1, -0.05) is 17.7 Å². The molecule has 0 saturated heterocycles. The van der Waals surface area contributed by atoms with Crippen LogP contribution in [0, 0.1) is 6.92 Å². The fourth-order valence-corrected chi connectivity index (χ4v) is 1.93. The van der Waals surface area contributed by atoms with Gasteiger partial charge in [0.25, 0.3) is 0 Å². The van der Waals surface area contributed by atoms with Crippen LogP contribution in [-0.2, 0) is 6.42 Å². The first-order valence-electron chi connectivity index (χ1n) is 5.35. The summed E-state index contributed by atoms with van der Waals surface area (Å²) in [7, 11) is 0. The quantitative estimate of drug-likeness (QED) is 0.870. The zero-order chi connectivity index (χ0) is 11.5. The van der Waals surface area contributed by atoms with Crippen molar-refractivity contribution in [3.8, 4) is 5.69 Å². The van der Waals surface area contributed by atoms with Crippen LogP contribution in [0.2, 0.25) is 5.02 Å². The van der Waals surface area contributed by atoms with E-state index in [4.69, 9.17) is 17.3 Å². The van der Waals surface area contributed by atoms with E-state index in [1.165, 1.54) is 5.69 Å². The minimum Gasteiger partial charge on any atom is -0.330 e. The van der Waals surface area contributed by atoms with Gasteiger partial charge in [-0.3, -0.25) is 0 Å². The van der Waals surface area contributed by atoms with Crippen LogP contribution >= 0.6 is 11.6 Å². The minimum absolute atomic E-state index is 0.656. The van der Waals surface area contributed by atoms with Crippen LogP contribution in [0.3, 0.4) is 0 Å². The second-order valence-electron chi connectivity index (χ2n) is 3.84. The Morgan fingerprint density at radius 2 is 2.12 bits per heavy atom. The molecule has 0 aliphatic carbocycles. The molecule has 0 aliphatic rings. The van der Waals surface area contributed by atoms with Gasteiger partial charge in [-0.25, -0.2) is 0 Å². The molecule has 84 valence electrons. The van der Waals surface area contributed by atoms with E-state index in [2.05, 4.69) is 16.7 Å². The maximum Gasteiger partial charge on any atom is 0.0467 e.